The van der Waals surface area contributed by atoms with E-state index in [2.05, 4.69) is 15.8 Å². The molecule has 0 fully saturated rings. The lowest BCUT2D eigenvalue weighted by Gasteiger charge is -2.19. The van der Waals surface area contributed by atoms with E-state index in [4.69, 9.17) is 27.9 Å². The summed E-state index contributed by atoms with van der Waals surface area (Å²) < 4.78 is 5.74. The number of rotatable bonds is 9. The maximum absolute atomic E-state index is 12.7. The van der Waals surface area contributed by atoms with Gasteiger partial charge in [-0.15, -0.1) is 0 Å². The van der Waals surface area contributed by atoms with E-state index >= 15 is 0 Å². The van der Waals surface area contributed by atoms with E-state index in [0.29, 0.717) is 33.3 Å². The van der Waals surface area contributed by atoms with Crippen molar-refractivity contribution in [3.63, 3.8) is 0 Å². The van der Waals surface area contributed by atoms with E-state index < -0.39 is 11.9 Å². The molecule has 0 heterocycles. The van der Waals surface area contributed by atoms with Crippen molar-refractivity contribution in [2.75, 3.05) is 0 Å². The van der Waals surface area contributed by atoms with E-state index in [-0.39, 0.29) is 17.9 Å². The van der Waals surface area contributed by atoms with Gasteiger partial charge in [0, 0.05) is 21.2 Å². The number of halogens is 2. The minimum Gasteiger partial charge on any atom is -0.490 e. The second-order valence-electron chi connectivity index (χ2n) is 7.75. The lowest BCUT2D eigenvalue weighted by Crippen LogP contribution is -2.46. The third-order valence-corrected chi connectivity index (χ3v) is 4.64. The minimum absolute atomic E-state index is 0.0265. The molecule has 2 amide bonds. The number of carbonyl (C=O) groups is 2. The van der Waals surface area contributed by atoms with Gasteiger partial charge in [-0.1, -0.05) is 37.0 Å². The Labute approximate surface area is 193 Å². The highest BCUT2D eigenvalue weighted by Crippen LogP contribution is 2.22. The molecule has 0 aliphatic rings. The van der Waals surface area contributed by atoms with Crippen LogP contribution < -0.4 is 15.5 Å². The van der Waals surface area contributed by atoms with Crippen molar-refractivity contribution < 1.29 is 14.3 Å². The lowest BCUT2D eigenvalue weighted by atomic mass is 10.0. The summed E-state index contributed by atoms with van der Waals surface area (Å²) in [5, 5.41) is 7.86. The Kier molecular flexibility index (Phi) is 9.34. The molecule has 0 aliphatic carbocycles. The number of ether oxygens (including phenoxy) is 1. The normalized spacial score (nSPS) is 12.3. The van der Waals surface area contributed by atoms with E-state index in [1.54, 1.807) is 42.5 Å². The number of hydrogen-bond donors (Lipinski definition) is 2. The van der Waals surface area contributed by atoms with Crippen LogP contribution in [-0.2, 0) is 4.79 Å². The van der Waals surface area contributed by atoms with Crippen LogP contribution in [0.2, 0.25) is 10.0 Å². The molecule has 2 aromatic rings. The topological polar surface area (TPSA) is 79.8 Å². The van der Waals surface area contributed by atoms with E-state index in [1.807, 2.05) is 27.7 Å². The summed E-state index contributed by atoms with van der Waals surface area (Å²) in [6.45, 7) is 7.77. The number of benzene rings is 2. The van der Waals surface area contributed by atoms with Crippen molar-refractivity contribution in [3.8, 4) is 5.75 Å². The predicted octanol–water partition coefficient (Wildman–Crippen LogP) is 5.08. The average molecular weight is 464 g/mol. The Morgan fingerprint density at radius 2 is 1.68 bits per heavy atom. The SMILES string of the molecule is CC(C)CC(NC(=O)c1ccc(Cl)cc1)C(=O)N/N=C/c1cc(Cl)ccc1OC(C)C. The van der Waals surface area contributed by atoms with Crippen molar-refractivity contribution in [3.05, 3.63) is 63.6 Å². The number of amides is 2. The molecule has 0 saturated carbocycles. The smallest absolute Gasteiger partial charge is 0.262 e. The molecule has 0 aromatic heterocycles. The number of hydrazone groups is 1. The van der Waals surface area contributed by atoms with Gasteiger partial charge in [-0.2, -0.15) is 5.10 Å². The fourth-order valence-corrected chi connectivity index (χ4v) is 3.08. The van der Waals surface area contributed by atoms with Gasteiger partial charge in [-0.05, 0) is 68.7 Å². The zero-order valence-corrected chi connectivity index (χ0v) is 19.5. The summed E-state index contributed by atoms with van der Waals surface area (Å²) in [7, 11) is 0. The maximum Gasteiger partial charge on any atom is 0.262 e. The molecular formula is C23H27Cl2N3O3. The molecule has 0 radical (unpaired) electrons. The fraction of sp³-hybridized carbons (Fsp3) is 0.348. The lowest BCUT2D eigenvalue weighted by molar-refractivity contribution is -0.123. The third kappa shape index (κ3) is 8.23. The fourth-order valence-electron chi connectivity index (χ4n) is 2.77. The molecule has 2 N–H and O–H groups in total. The van der Waals surface area contributed by atoms with Gasteiger partial charge >= 0.3 is 0 Å². The van der Waals surface area contributed by atoms with E-state index in [9.17, 15) is 9.59 Å². The summed E-state index contributed by atoms with van der Waals surface area (Å²) in [6.07, 6.45) is 1.90. The highest BCUT2D eigenvalue weighted by molar-refractivity contribution is 6.31. The summed E-state index contributed by atoms with van der Waals surface area (Å²) in [4.78, 5) is 25.2. The van der Waals surface area contributed by atoms with Gasteiger partial charge in [0.15, 0.2) is 0 Å². The summed E-state index contributed by atoms with van der Waals surface area (Å²) in [6, 6.07) is 10.9. The van der Waals surface area contributed by atoms with Crippen molar-refractivity contribution in [2.45, 2.75) is 46.3 Å². The van der Waals surface area contributed by atoms with Crippen LogP contribution in [0.1, 0.15) is 50.0 Å². The first kappa shape index (κ1) is 24.7. The molecule has 31 heavy (non-hydrogen) atoms. The largest absolute Gasteiger partial charge is 0.490 e. The van der Waals surface area contributed by atoms with Crippen LogP contribution in [-0.4, -0.2) is 30.2 Å². The van der Waals surface area contributed by atoms with Gasteiger partial charge in [-0.25, -0.2) is 5.43 Å². The molecule has 2 rings (SSSR count). The van der Waals surface area contributed by atoms with Gasteiger partial charge in [0.05, 0.1) is 12.3 Å². The van der Waals surface area contributed by atoms with E-state index in [1.165, 1.54) is 6.21 Å². The average Bonchev–Trinajstić information content (AvgIpc) is 2.69. The van der Waals surface area contributed by atoms with E-state index in [0.717, 1.165) is 0 Å². The number of hydrogen-bond acceptors (Lipinski definition) is 4. The van der Waals surface area contributed by atoms with Crippen LogP contribution in [0.3, 0.4) is 0 Å². The van der Waals surface area contributed by atoms with Crippen molar-refractivity contribution in [1.82, 2.24) is 10.7 Å². The van der Waals surface area contributed by atoms with Gasteiger partial charge in [0.1, 0.15) is 11.8 Å². The minimum atomic E-state index is -0.744. The Morgan fingerprint density at radius 3 is 2.29 bits per heavy atom. The Morgan fingerprint density at radius 1 is 1.03 bits per heavy atom. The zero-order valence-electron chi connectivity index (χ0n) is 18.0. The monoisotopic (exact) mass is 463 g/mol. The molecule has 8 heteroatoms. The predicted molar refractivity (Wildman–Crippen MR) is 125 cm³/mol. The van der Waals surface area contributed by atoms with Crippen LogP contribution in [0, 0.1) is 5.92 Å². The first-order chi connectivity index (χ1) is 14.7. The van der Waals surface area contributed by atoms with Gasteiger partial charge in [0.2, 0.25) is 0 Å². The highest BCUT2D eigenvalue weighted by atomic mass is 35.5. The summed E-state index contributed by atoms with van der Waals surface area (Å²) in [5.41, 5.74) is 3.55. The molecule has 0 spiro atoms. The van der Waals surface area contributed by atoms with Crippen LogP contribution in [0.25, 0.3) is 0 Å². The van der Waals surface area contributed by atoms with Gasteiger partial charge in [-0.3, -0.25) is 9.59 Å². The molecule has 1 atom stereocenters. The highest BCUT2D eigenvalue weighted by Gasteiger charge is 2.22. The molecule has 0 aliphatic heterocycles. The molecule has 166 valence electrons. The summed E-state index contributed by atoms with van der Waals surface area (Å²) in [5.74, 6) is 0.0147. The standard InChI is InChI=1S/C23H27Cl2N3O3/c1-14(2)11-20(27-22(29)16-5-7-18(24)8-6-16)23(30)28-26-13-17-12-19(25)9-10-21(17)31-15(3)4/h5-10,12-15,20H,11H2,1-4H3,(H,27,29)(H,28,30)/b26-13+. The molecule has 2 aromatic carbocycles. The first-order valence-electron chi connectivity index (χ1n) is 10.0. The Balaban J connectivity index is 2.09. The third-order valence-electron chi connectivity index (χ3n) is 4.15. The molecular weight excluding hydrogens is 437 g/mol. The zero-order chi connectivity index (χ0) is 23.0. The van der Waals surface area contributed by atoms with Crippen molar-refractivity contribution >= 4 is 41.2 Å². The molecule has 0 saturated heterocycles. The second-order valence-corrected chi connectivity index (χ2v) is 8.62. The Bertz CT molecular complexity index is 928. The molecule has 1 unspecified atom stereocenters. The van der Waals surface area contributed by atoms with Crippen LogP contribution >= 0.6 is 23.2 Å². The van der Waals surface area contributed by atoms with Crippen LogP contribution in [0.4, 0.5) is 0 Å². The second kappa shape index (κ2) is 11.7. The maximum atomic E-state index is 12.7. The number of nitrogens with one attached hydrogen (secondary N) is 2. The van der Waals surface area contributed by atoms with Crippen LogP contribution in [0.5, 0.6) is 5.75 Å². The van der Waals surface area contributed by atoms with Gasteiger partial charge in [0.25, 0.3) is 11.8 Å². The van der Waals surface area contributed by atoms with Crippen LogP contribution in [0.15, 0.2) is 47.6 Å². The van der Waals surface area contributed by atoms with Gasteiger partial charge < -0.3 is 10.1 Å². The Hall–Kier alpha value is -2.57. The van der Waals surface area contributed by atoms with Crippen molar-refractivity contribution in [2.24, 2.45) is 11.0 Å². The number of carbonyl (C=O) groups excluding carboxylic acids is 2. The first-order valence-corrected chi connectivity index (χ1v) is 10.8. The summed E-state index contributed by atoms with van der Waals surface area (Å²) >= 11 is 11.9. The number of nitrogens with zero attached hydrogens (tertiary/aromatic N) is 1. The quantitative estimate of drug-likeness (QED) is 0.402. The molecule has 6 nitrogen and oxygen atoms in total. The van der Waals surface area contributed by atoms with Crippen molar-refractivity contribution in [1.29, 1.82) is 0 Å². The molecule has 0 bridgehead atoms.